The molecule has 0 radical (unpaired) electrons. The van der Waals surface area contributed by atoms with Crippen LogP contribution in [0.4, 0.5) is 0 Å². The molecule has 0 bridgehead atoms. The number of hydrogen-bond acceptors (Lipinski definition) is 5. The second-order valence-electron chi connectivity index (χ2n) is 6.11. The minimum absolute atomic E-state index is 0.129. The summed E-state index contributed by atoms with van der Waals surface area (Å²) < 4.78 is 26.4. The van der Waals surface area contributed by atoms with E-state index in [1.54, 1.807) is 62.5 Å². The third-order valence-corrected chi connectivity index (χ3v) is 7.19. The van der Waals surface area contributed by atoms with Crippen LogP contribution in [0.5, 0.6) is 0 Å². The summed E-state index contributed by atoms with van der Waals surface area (Å²) in [6, 6.07) is 9.60. The Morgan fingerprint density at radius 1 is 1.11 bits per heavy atom. The van der Waals surface area contributed by atoms with Crippen LogP contribution < -0.4 is 10.6 Å². The molecular weight excluding hydrogens is 398 g/mol. The fourth-order valence-electron chi connectivity index (χ4n) is 2.67. The first-order chi connectivity index (χ1) is 13.3. The van der Waals surface area contributed by atoms with Crippen molar-refractivity contribution < 1.29 is 18.0 Å². The van der Waals surface area contributed by atoms with Crippen LogP contribution in [0.15, 0.2) is 46.7 Å². The molecule has 0 unspecified atom stereocenters. The lowest BCUT2D eigenvalue weighted by Gasteiger charge is -2.19. The number of nitrogens with one attached hydrogen (secondary N) is 2. The summed E-state index contributed by atoms with van der Waals surface area (Å²) in [7, 11) is -3.51. The molecule has 0 aliphatic carbocycles. The molecule has 152 valence electrons. The van der Waals surface area contributed by atoms with Crippen molar-refractivity contribution in [3.63, 3.8) is 0 Å². The summed E-state index contributed by atoms with van der Waals surface area (Å²) in [5, 5.41) is 7.15. The zero-order valence-electron chi connectivity index (χ0n) is 16.1. The first-order valence-corrected chi connectivity index (χ1v) is 11.3. The van der Waals surface area contributed by atoms with E-state index in [0.29, 0.717) is 18.0 Å². The lowest BCUT2D eigenvalue weighted by molar-refractivity contribution is -0.120. The number of benzene rings is 1. The van der Waals surface area contributed by atoms with Gasteiger partial charge in [0.1, 0.15) is 0 Å². The summed E-state index contributed by atoms with van der Waals surface area (Å²) in [4.78, 5) is 24.7. The van der Waals surface area contributed by atoms with Gasteiger partial charge in [0.2, 0.25) is 15.9 Å². The predicted molar refractivity (Wildman–Crippen MR) is 110 cm³/mol. The standard InChI is InChI=1S/C19H25N3O4S2/c1-4-22(5-2)28(25,26)16-10-8-15(9-11-16)14(3)21-18(23)13-20-19(24)17-7-6-12-27-17/h6-12,14H,4-5,13H2,1-3H3,(H,20,24)(H,21,23)/t14-/m0/s1. The monoisotopic (exact) mass is 423 g/mol. The van der Waals surface area contributed by atoms with E-state index >= 15 is 0 Å². The minimum Gasteiger partial charge on any atom is -0.348 e. The molecule has 9 heteroatoms. The van der Waals surface area contributed by atoms with Gasteiger partial charge in [-0.05, 0) is 36.1 Å². The van der Waals surface area contributed by atoms with Crippen LogP contribution in [-0.4, -0.2) is 44.2 Å². The Morgan fingerprint density at radius 2 is 1.75 bits per heavy atom. The van der Waals surface area contributed by atoms with Gasteiger partial charge in [-0.2, -0.15) is 4.31 Å². The Balaban J connectivity index is 1.94. The molecule has 2 rings (SSSR count). The molecule has 0 aliphatic rings. The van der Waals surface area contributed by atoms with Crippen molar-refractivity contribution in [2.45, 2.75) is 31.7 Å². The Morgan fingerprint density at radius 3 is 2.29 bits per heavy atom. The number of hydrogen-bond donors (Lipinski definition) is 2. The van der Waals surface area contributed by atoms with Crippen LogP contribution in [-0.2, 0) is 14.8 Å². The third kappa shape index (κ3) is 5.40. The maximum Gasteiger partial charge on any atom is 0.261 e. The number of sulfonamides is 1. The van der Waals surface area contributed by atoms with Crippen LogP contribution in [0, 0.1) is 0 Å². The molecule has 2 aromatic rings. The molecular formula is C19H25N3O4S2. The largest absolute Gasteiger partial charge is 0.348 e. The highest BCUT2D eigenvalue weighted by Crippen LogP contribution is 2.19. The first kappa shape index (κ1) is 22.1. The highest BCUT2D eigenvalue weighted by Gasteiger charge is 2.21. The Bertz CT molecular complexity index is 890. The SMILES string of the molecule is CCN(CC)S(=O)(=O)c1ccc([C@H](C)NC(=O)CNC(=O)c2cccs2)cc1. The van der Waals surface area contributed by atoms with Gasteiger partial charge in [-0.3, -0.25) is 9.59 Å². The smallest absolute Gasteiger partial charge is 0.261 e. The lowest BCUT2D eigenvalue weighted by Crippen LogP contribution is -2.37. The third-order valence-electron chi connectivity index (χ3n) is 4.26. The molecule has 1 atom stereocenters. The summed E-state index contributed by atoms with van der Waals surface area (Å²) >= 11 is 1.31. The summed E-state index contributed by atoms with van der Waals surface area (Å²) in [6.07, 6.45) is 0. The summed E-state index contributed by atoms with van der Waals surface area (Å²) in [6.45, 7) is 6.07. The maximum absolute atomic E-state index is 12.5. The fraction of sp³-hybridized carbons (Fsp3) is 0.368. The molecule has 0 aliphatic heterocycles. The zero-order valence-corrected chi connectivity index (χ0v) is 17.8. The normalized spacial score (nSPS) is 12.6. The van der Waals surface area contributed by atoms with Crippen molar-refractivity contribution in [2.75, 3.05) is 19.6 Å². The number of rotatable bonds is 9. The van der Waals surface area contributed by atoms with Crippen LogP contribution in [0.25, 0.3) is 0 Å². The topological polar surface area (TPSA) is 95.6 Å². The van der Waals surface area contributed by atoms with E-state index in [2.05, 4.69) is 10.6 Å². The average molecular weight is 424 g/mol. The van der Waals surface area contributed by atoms with E-state index in [4.69, 9.17) is 0 Å². The number of amides is 2. The number of nitrogens with zero attached hydrogens (tertiary/aromatic N) is 1. The second-order valence-corrected chi connectivity index (χ2v) is 8.99. The molecule has 2 N–H and O–H groups in total. The van der Waals surface area contributed by atoms with Crippen molar-refractivity contribution in [1.82, 2.24) is 14.9 Å². The highest BCUT2D eigenvalue weighted by atomic mass is 32.2. The molecule has 0 fully saturated rings. The van der Waals surface area contributed by atoms with Crippen molar-refractivity contribution >= 4 is 33.2 Å². The minimum atomic E-state index is -3.51. The molecule has 1 heterocycles. The van der Waals surface area contributed by atoms with Gasteiger partial charge >= 0.3 is 0 Å². The summed E-state index contributed by atoms with van der Waals surface area (Å²) in [5.41, 5.74) is 0.774. The van der Waals surface area contributed by atoms with E-state index in [0.717, 1.165) is 5.56 Å². The van der Waals surface area contributed by atoms with E-state index in [1.807, 2.05) is 0 Å². The first-order valence-electron chi connectivity index (χ1n) is 9.00. The van der Waals surface area contributed by atoms with Gasteiger partial charge in [0.25, 0.3) is 5.91 Å². The van der Waals surface area contributed by atoms with Crippen molar-refractivity contribution in [2.24, 2.45) is 0 Å². The van der Waals surface area contributed by atoms with Crippen molar-refractivity contribution in [3.05, 3.63) is 52.2 Å². The quantitative estimate of drug-likeness (QED) is 0.647. The van der Waals surface area contributed by atoms with E-state index < -0.39 is 10.0 Å². The molecule has 1 aromatic heterocycles. The van der Waals surface area contributed by atoms with Gasteiger partial charge in [0.05, 0.1) is 22.4 Å². The van der Waals surface area contributed by atoms with E-state index in [1.165, 1.54) is 15.6 Å². The van der Waals surface area contributed by atoms with E-state index in [9.17, 15) is 18.0 Å². The Kier molecular flexibility index (Phi) is 7.73. The molecule has 2 amide bonds. The Hall–Kier alpha value is -2.23. The van der Waals surface area contributed by atoms with Gasteiger partial charge in [-0.25, -0.2) is 8.42 Å². The van der Waals surface area contributed by atoms with E-state index in [-0.39, 0.29) is 29.3 Å². The van der Waals surface area contributed by atoms with Crippen LogP contribution >= 0.6 is 11.3 Å². The van der Waals surface area contributed by atoms with Crippen molar-refractivity contribution in [3.8, 4) is 0 Å². The molecule has 0 spiro atoms. The van der Waals surface area contributed by atoms with Gasteiger partial charge in [-0.1, -0.05) is 32.0 Å². The van der Waals surface area contributed by atoms with Gasteiger partial charge < -0.3 is 10.6 Å². The van der Waals surface area contributed by atoms with Gasteiger partial charge in [-0.15, -0.1) is 11.3 Å². The van der Waals surface area contributed by atoms with Gasteiger partial charge in [0, 0.05) is 13.1 Å². The van der Waals surface area contributed by atoms with Crippen molar-refractivity contribution in [1.29, 1.82) is 0 Å². The molecule has 0 saturated heterocycles. The fourth-order valence-corrected chi connectivity index (χ4v) is 4.77. The lowest BCUT2D eigenvalue weighted by atomic mass is 10.1. The number of thiophene rings is 1. The second kappa shape index (κ2) is 9.81. The maximum atomic E-state index is 12.5. The highest BCUT2D eigenvalue weighted by molar-refractivity contribution is 7.89. The average Bonchev–Trinajstić information content (AvgIpc) is 3.22. The summed E-state index contributed by atoms with van der Waals surface area (Å²) in [5.74, 6) is -0.610. The molecule has 28 heavy (non-hydrogen) atoms. The van der Waals surface area contributed by atoms with Crippen LogP contribution in [0.1, 0.15) is 42.0 Å². The Labute approximate surface area is 169 Å². The molecule has 0 saturated carbocycles. The molecule has 7 nitrogen and oxygen atoms in total. The van der Waals surface area contributed by atoms with Crippen LogP contribution in [0.3, 0.4) is 0 Å². The van der Waals surface area contributed by atoms with Crippen LogP contribution in [0.2, 0.25) is 0 Å². The predicted octanol–water partition coefficient (Wildman–Crippen LogP) is 2.39. The zero-order chi connectivity index (χ0) is 20.7. The van der Waals surface area contributed by atoms with Gasteiger partial charge in [0.15, 0.2) is 0 Å². The number of carbonyl (C=O) groups is 2. The molecule has 1 aromatic carbocycles. The number of carbonyl (C=O) groups excluding carboxylic acids is 2.